The number of phenols is 1. The van der Waals surface area contributed by atoms with Crippen molar-refractivity contribution in [3.8, 4) is 5.75 Å². The van der Waals surface area contributed by atoms with Crippen molar-refractivity contribution >= 4 is 35.5 Å². The number of aliphatic carboxylic acids is 1. The Labute approximate surface area is 97.1 Å². The third-order valence-electron chi connectivity index (χ3n) is 1.44. The molecule has 3 N–H and O–H groups in total. The van der Waals surface area contributed by atoms with Crippen molar-refractivity contribution in [3.05, 3.63) is 29.8 Å². The van der Waals surface area contributed by atoms with E-state index in [1.807, 2.05) is 0 Å². The molecular weight excluding hydrogens is 183 g/mol. The predicted octanol–water partition coefficient (Wildman–Crippen LogP) is -0.138. The molecule has 0 amide bonds. The van der Waals surface area contributed by atoms with Gasteiger partial charge in [0, 0.05) is 0 Å². The summed E-state index contributed by atoms with van der Waals surface area (Å²) in [6.07, 6.45) is -1.52. The fourth-order valence-corrected chi connectivity index (χ4v) is 0.799. The first-order chi connectivity index (χ1) is 5.61. The van der Waals surface area contributed by atoms with Crippen LogP contribution in [-0.4, -0.2) is 50.8 Å². The van der Waals surface area contributed by atoms with Crippen LogP contribution >= 0.6 is 0 Å². The van der Waals surface area contributed by atoms with Gasteiger partial charge in [-0.15, -0.1) is 0 Å². The van der Waals surface area contributed by atoms with Crippen molar-refractivity contribution in [2.45, 2.75) is 6.10 Å². The number of hydrogen-bond acceptors (Lipinski definition) is 3. The van der Waals surface area contributed by atoms with Crippen molar-refractivity contribution in [1.29, 1.82) is 0 Å². The molecule has 0 aromatic heterocycles. The van der Waals surface area contributed by atoms with Crippen LogP contribution in [-0.2, 0) is 4.79 Å². The van der Waals surface area contributed by atoms with Gasteiger partial charge in [-0.3, -0.25) is 0 Å². The van der Waals surface area contributed by atoms with Crippen LogP contribution in [0.25, 0.3) is 0 Å². The topological polar surface area (TPSA) is 77.8 Å². The molecule has 0 heterocycles. The standard InChI is InChI=1S/C8H8O4.Na.H/c9-6-3-1-5(2-4-6)7(10)8(11)12;;/h1-4,7,9-10H,(H,11,12);;/t7-;;/m1../s1. The minimum atomic E-state index is -1.52. The molecule has 1 atom stereocenters. The first kappa shape index (κ1) is 12.4. The minimum absolute atomic E-state index is 0. The Morgan fingerprint density at radius 1 is 1.23 bits per heavy atom. The second-order valence-electron chi connectivity index (χ2n) is 2.33. The van der Waals surface area contributed by atoms with Crippen LogP contribution in [0.1, 0.15) is 11.7 Å². The van der Waals surface area contributed by atoms with Gasteiger partial charge in [-0.1, -0.05) is 12.1 Å². The molecule has 1 aromatic carbocycles. The average molecular weight is 192 g/mol. The number of rotatable bonds is 2. The normalized spacial score (nSPS) is 11.5. The fourth-order valence-electron chi connectivity index (χ4n) is 0.799. The van der Waals surface area contributed by atoms with Gasteiger partial charge in [0.05, 0.1) is 0 Å². The van der Waals surface area contributed by atoms with Gasteiger partial charge in [-0.2, -0.15) is 0 Å². The Morgan fingerprint density at radius 3 is 2.08 bits per heavy atom. The molecule has 0 saturated heterocycles. The van der Waals surface area contributed by atoms with E-state index >= 15 is 0 Å². The molecule has 1 aromatic rings. The molecule has 5 heteroatoms. The van der Waals surface area contributed by atoms with Crippen molar-refractivity contribution in [2.24, 2.45) is 0 Å². The van der Waals surface area contributed by atoms with Crippen LogP contribution in [0.3, 0.4) is 0 Å². The summed E-state index contributed by atoms with van der Waals surface area (Å²) in [6.45, 7) is 0. The summed E-state index contributed by atoms with van der Waals surface area (Å²) in [7, 11) is 0. The van der Waals surface area contributed by atoms with Crippen molar-refractivity contribution < 1.29 is 20.1 Å². The van der Waals surface area contributed by atoms with Gasteiger partial charge in [-0.25, -0.2) is 4.79 Å². The number of carboxylic acids is 1. The molecule has 0 aliphatic carbocycles. The second kappa shape index (κ2) is 5.24. The Morgan fingerprint density at radius 2 is 1.69 bits per heavy atom. The van der Waals surface area contributed by atoms with Gasteiger partial charge in [0.15, 0.2) is 6.10 Å². The Hall–Kier alpha value is -0.550. The van der Waals surface area contributed by atoms with Crippen LogP contribution in [0.5, 0.6) is 5.75 Å². The Bertz CT molecular complexity index is 283. The van der Waals surface area contributed by atoms with Crippen LogP contribution in [0.4, 0.5) is 0 Å². The van der Waals surface area contributed by atoms with E-state index in [-0.39, 0.29) is 40.9 Å². The molecular formula is C8H9NaO4. The van der Waals surface area contributed by atoms with E-state index in [0.717, 1.165) is 0 Å². The van der Waals surface area contributed by atoms with Crippen molar-refractivity contribution in [1.82, 2.24) is 0 Å². The number of hydrogen-bond donors (Lipinski definition) is 3. The first-order valence-electron chi connectivity index (χ1n) is 3.31. The molecule has 1 rings (SSSR count). The van der Waals surface area contributed by atoms with E-state index in [2.05, 4.69) is 0 Å². The summed E-state index contributed by atoms with van der Waals surface area (Å²) in [6, 6.07) is 5.35. The maximum absolute atomic E-state index is 10.3. The quantitative estimate of drug-likeness (QED) is 0.570. The number of carbonyl (C=O) groups is 1. The van der Waals surface area contributed by atoms with Crippen LogP contribution < -0.4 is 0 Å². The van der Waals surface area contributed by atoms with Gasteiger partial charge in [-0.05, 0) is 17.7 Å². The molecule has 0 bridgehead atoms. The average Bonchev–Trinajstić information content (AvgIpc) is 2.04. The van der Waals surface area contributed by atoms with E-state index in [0.29, 0.717) is 0 Å². The zero-order chi connectivity index (χ0) is 9.14. The van der Waals surface area contributed by atoms with E-state index < -0.39 is 12.1 Å². The third-order valence-corrected chi connectivity index (χ3v) is 1.44. The number of phenolic OH excluding ortho intramolecular Hbond substituents is 1. The van der Waals surface area contributed by atoms with Gasteiger partial charge in [0.1, 0.15) is 5.75 Å². The molecule has 4 nitrogen and oxygen atoms in total. The predicted molar refractivity (Wildman–Crippen MR) is 47.9 cm³/mol. The summed E-state index contributed by atoms with van der Waals surface area (Å²) in [5.41, 5.74) is 0.250. The number of benzene rings is 1. The summed E-state index contributed by atoms with van der Waals surface area (Å²) >= 11 is 0. The van der Waals surface area contributed by atoms with Gasteiger partial charge in [0.2, 0.25) is 0 Å². The number of aliphatic hydroxyl groups excluding tert-OH is 1. The zero-order valence-electron chi connectivity index (χ0n) is 6.14. The van der Waals surface area contributed by atoms with Crippen molar-refractivity contribution in [2.75, 3.05) is 0 Å². The first-order valence-corrected chi connectivity index (χ1v) is 3.31. The van der Waals surface area contributed by atoms with Crippen LogP contribution in [0.15, 0.2) is 24.3 Å². The fraction of sp³-hybridized carbons (Fsp3) is 0.125. The van der Waals surface area contributed by atoms with Crippen LogP contribution in [0.2, 0.25) is 0 Å². The Balaban J connectivity index is 0.00000144. The zero-order valence-corrected chi connectivity index (χ0v) is 6.14. The van der Waals surface area contributed by atoms with Gasteiger partial charge >= 0.3 is 35.5 Å². The molecule has 0 spiro atoms. The molecule has 0 radical (unpaired) electrons. The van der Waals surface area contributed by atoms with Gasteiger partial charge in [0.25, 0.3) is 0 Å². The summed E-state index contributed by atoms with van der Waals surface area (Å²) in [5, 5.41) is 26.2. The molecule has 0 aliphatic heterocycles. The number of carboxylic acid groups (broad SMARTS) is 1. The molecule has 0 unspecified atom stereocenters. The van der Waals surface area contributed by atoms with Gasteiger partial charge < -0.3 is 15.3 Å². The Kier molecular flexibility index (Phi) is 5.02. The molecule has 13 heavy (non-hydrogen) atoms. The van der Waals surface area contributed by atoms with E-state index in [1.54, 1.807) is 0 Å². The molecule has 66 valence electrons. The third kappa shape index (κ3) is 3.36. The number of aliphatic hydroxyl groups is 1. The monoisotopic (exact) mass is 192 g/mol. The summed E-state index contributed by atoms with van der Waals surface area (Å²) in [4.78, 5) is 10.3. The van der Waals surface area contributed by atoms with Crippen LogP contribution in [0, 0.1) is 0 Å². The maximum atomic E-state index is 10.3. The molecule has 0 saturated carbocycles. The second-order valence-corrected chi connectivity index (χ2v) is 2.33. The number of aromatic hydroxyl groups is 1. The summed E-state index contributed by atoms with van der Waals surface area (Å²) in [5.74, 6) is -1.27. The van der Waals surface area contributed by atoms with Crippen molar-refractivity contribution in [3.63, 3.8) is 0 Å². The molecule has 0 aliphatic rings. The summed E-state index contributed by atoms with van der Waals surface area (Å²) < 4.78 is 0. The SMILES string of the molecule is O=C(O)[C@H](O)c1ccc(O)cc1.[NaH]. The van der Waals surface area contributed by atoms with E-state index in [9.17, 15) is 4.79 Å². The van der Waals surface area contributed by atoms with E-state index in [1.165, 1.54) is 24.3 Å². The molecule has 0 fully saturated rings. The van der Waals surface area contributed by atoms with E-state index in [4.69, 9.17) is 15.3 Å².